The molecule has 3 aromatic heterocycles. The number of aromatic nitrogens is 7. The van der Waals surface area contributed by atoms with Crippen molar-refractivity contribution in [1.29, 1.82) is 0 Å². The van der Waals surface area contributed by atoms with Crippen LogP contribution in [0.2, 0.25) is 0 Å². The van der Waals surface area contributed by atoms with Crippen molar-refractivity contribution in [2.75, 3.05) is 20.6 Å². The number of aryl methyl sites for hydroxylation is 1. The molecule has 0 bridgehead atoms. The SMILES string of the molecule is CN(C)Cc1cn(-c2ccccc2C(=O)NCCCCCCCn2cc(-c3cccnc3)nn2)nn1. The number of carbonyl (C=O) groups excluding carboxylic acids is 1. The van der Waals surface area contributed by atoms with Crippen LogP contribution in [0.3, 0.4) is 0 Å². The third-order valence-electron chi connectivity index (χ3n) is 5.76. The Morgan fingerprint density at radius 1 is 0.944 bits per heavy atom. The highest BCUT2D eigenvalue weighted by Gasteiger charge is 2.14. The summed E-state index contributed by atoms with van der Waals surface area (Å²) in [6.07, 6.45) is 12.7. The average molecular weight is 488 g/mol. The van der Waals surface area contributed by atoms with E-state index < -0.39 is 0 Å². The third kappa shape index (κ3) is 7.05. The van der Waals surface area contributed by atoms with Crippen LogP contribution in [-0.2, 0) is 13.1 Å². The van der Waals surface area contributed by atoms with Gasteiger partial charge < -0.3 is 10.2 Å². The lowest BCUT2D eigenvalue weighted by Crippen LogP contribution is -2.25. The Kier molecular flexibility index (Phi) is 8.87. The Labute approximate surface area is 211 Å². The van der Waals surface area contributed by atoms with Crippen molar-refractivity contribution in [3.05, 3.63) is 72.4 Å². The Morgan fingerprint density at radius 3 is 2.61 bits per heavy atom. The molecular formula is C26H33N9O. The van der Waals surface area contributed by atoms with Crippen LogP contribution in [0.25, 0.3) is 16.9 Å². The summed E-state index contributed by atoms with van der Waals surface area (Å²) >= 11 is 0. The first-order chi connectivity index (χ1) is 17.6. The standard InChI is InChI=1S/C26H33N9O/c1-33(2)18-22-19-35(32-29-22)25-13-7-6-12-23(25)26(36)28-15-8-4-3-5-9-16-34-20-24(30-31-34)21-11-10-14-27-17-21/h6-7,10-14,17,19-20H,3-5,8-9,15-16,18H2,1-2H3,(H,28,36). The molecule has 1 aromatic carbocycles. The van der Waals surface area contributed by atoms with Crippen LogP contribution in [0.1, 0.15) is 48.2 Å². The highest BCUT2D eigenvalue weighted by molar-refractivity contribution is 5.97. The summed E-state index contributed by atoms with van der Waals surface area (Å²) in [6, 6.07) is 11.4. The van der Waals surface area contributed by atoms with Crippen LogP contribution < -0.4 is 5.32 Å². The maximum atomic E-state index is 12.8. The van der Waals surface area contributed by atoms with Gasteiger partial charge in [0.15, 0.2) is 0 Å². The van der Waals surface area contributed by atoms with E-state index in [9.17, 15) is 4.79 Å². The van der Waals surface area contributed by atoms with Crippen molar-refractivity contribution in [3.63, 3.8) is 0 Å². The number of unbranched alkanes of at least 4 members (excludes halogenated alkanes) is 4. The maximum Gasteiger partial charge on any atom is 0.253 e. The highest BCUT2D eigenvalue weighted by atomic mass is 16.1. The third-order valence-corrected chi connectivity index (χ3v) is 5.76. The van der Waals surface area contributed by atoms with Crippen molar-refractivity contribution in [2.45, 2.75) is 45.2 Å². The predicted molar refractivity (Wildman–Crippen MR) is 137 cm³/mol. The van der Waals surface area contributed by atoms with Crippen molar-refractivity contribution >= 4 is 5.91 Å². The molecule has 0 fully saturated rings. The first-order valence-corrected chi connectivity index (χ1v) is 12.3. The van der Waals surface area contributed by atoms with Crippen molar-refractivity contribution in [1.82, 2.24) is 45.2 Å². The predicted octanol–water partition coefficient (Wildman–Crippen LogP) is 3.36. The van der Waals surface area contributed by atoms with Gasteiger partial charge in [-0.3, -0.25) is 14.5 Å². The molecule has 10 heteroatoms. The second-order valence-electron chi connectivity index (χ2n) is 9.04. The summed E-state index contributed by atoms with van der Waals surface area (Å²) < 4.78 is 3.56. The minimum atomic E-state index is -0.0918. The summed E-state index contributed by atoms with van der Waals surface area (Å²) in [5, 5.41) is 19.9. The van der Waals surface area contributed by atoms with E-state index in [0.29, 0.717) is 18.7 Å². The summed E-state index contributed by atoms with van der Waals surface area (Å²) in [4.78, 5) is 19.0. The van der Waals surface area contributed by atoms with Crippen LogP contribution in [-0.4, -0.2) is 66.4 Å². The number of carbonyl (C=O) groups is 1. The minimum Gasteiger partial charge on any atom is -0.352 e. The first kappa shape index (κ1) is 25.2. The molecule has 4 rings (SSSR count). The van der Waals surface area contributed by atoms with Gasteiger partial charge in [-0.05, 0) is 51.2 Å². The van der Waals surface area contributed by atoms with Gasteiger partial charge in [-0.2, -0.15) is 0 Å². The molecule has 188 valence electrons. The number of hydrogen-bond donors (Lipinski definition) is 1. The maximum absolute atomic E-state index is 12.8. The molecule has 36 heavy (non-hydrogen) atoms. The molecule has 3 heterocycles. The van der Waals surface area contributed by atoms with Crippen molar-refractivity contribution in [3.8, 4) is 16.9 Å². The van der Waals surface area contributed by atoms with Gasteiger partial charge in [0, 0.05) is 37.6 Å². The number of para-hydroxylation sites is 1. The van der Waals surface area contributed by atoms with Crippen LogP contribution >= 0.6 is 0 Å². The van der Waals surface area contributed by atoms with Gasteiger partial charge in [-0.15, -0.1) is 10.2 Å². The molecule has 0 saturated carbocycles. The van der Waals surface area contributed by atoms with E-state index >= 15 is 0 Å². The fraction of sp³-hybridized carbons (Fsp3) is 0.385. The summed E-state index contributed by atoms with van der Waals surface area (Å²) in [5.74, 6) is -0.0918. The van der Waals surface area contributed by atoms with E-state index in [4.69, 9.17) is 0 Å². The van der Waals surface area contributed by atoms with Crippen LogP contribution in [0.5, 0.6) is 0 Å². The molecule has 0 aliphatic rings. The van der Waals surface area contributed by atoms with Crippen LogP contribution in [0, 0.1) is 0 Å². The lowest BCUT2D eigenvalue weighted by atomic mass is 10.1. The van der Waals surface area contributed by atoms with Gasteiger partial charge in [-0.25, -0.2) is 4.68 Å². The van der Waals surface area contributed by atoms with E-state index in [2.05, 4.69) is 30.9 Å². The van der Waals surface area contributed by atoms with E-state index in [1.165, 1.54) is 0 Å². The second kappa shape index (κ2) is 12.7. The molecule has 1 N–H and O–H groups in total. The normalized spacial score (nSPS) is 11.2. The smallest absolute Gasteiger partial charge is 0.253 e. The second-order valence-corrected chi connectivity index (χ2v) is 9.04. The molecular weight excluding hydrogens is 454 g/mol. The molecule has 1 amide bonds. The molecule has 0 aliphatic heterocycles. The van der Waals surface area contributed by atoms with Gasteiger partial charge >= 0.3 is 0 Å². The molecule has 0 radical (unpaired) electrons. The molecule has 4 aromatic rings. The Balaban J connectivity index is 1.15. The number of amides is 1. The Bertz CT molecular complexity index is 1230. The summed E-state index contributed by atoms with van der Waals surface area (Å²) in [6.45, 7) is 2.19. The highest BCUT2D eigenvalue weighted by Crippen LogP contribution is 2.15. The summed E-state index contributed by atoms with van der Waals surface area (Å²) in [7, 11) is 3.97. The quantitative estimate of drug-likeness (QED) is 0.288. The van der Waals surface area contributed by atoms with E-state index in [-0.39, 0.29) is 5.91 Å². The van der Waals surface area contributed by atoms with Crippen LogP contribution in [0.4, 0.5) is 0 Å². The number of rotatable bonds is 13. The number of benzene rings is 1. The van der Waals surface area contributed by atoms with Gasteiger partial charge in [0.25, 0.3) is 5.91 Å². The van der Waals surface area contributed by atoms with Crippen molar-refractivity contribution < 1.29 is 4.79 Å². The largest absolute Gasteiger partial charge is 0.352 e. The zero-order valence-corrected chi connectivity index (χ0v) is 20.9. The van der Waals surface area contributed by atoms with E-state index in [0.717, 1.165) is 61.3 Å². The van der Waals surface area contributed by atoms with E-state index in [1.54, 1.807) is 17.1 Å². The van der Waals surface area contributed by atoms with Gasteiger partial charge in [0.2, 0.25) is 0 Å². The molecule has 0 saturated heterocycles. The molecule has 10 nitrogen and oxygen atoms in total. The molecule has 0 aliphatic carbocycles. The molecule has 0 atom stereocenters. The fourth-order valence-electron chi connectivity index (χ4n) is 3.96. The Morgan fingerprint density at radius 2 is 1.78 bits per heavy atom. The van der Waals surface area contributed by atoms with Gasteiger partial charge in [-0.1, -0.05) is 41.8 Å². The number of nitrogens with zero attached hydrogens (tertiary/aromatic N) is 8. The summed E-state index contributed by atoms with van der Waals surface area (Å²) in [5.41, 5.74) is 4.00. The zero-order chi connectivity index (χ0) is 25.2. The number of nitrogens with one attached hydrogen (secondary N) is 1. The van der Waals surface area contributed by atoms with Gasteiger partial charge in [0.1, 0.15) is 5.69 Å². The average Bonchev–Trinajstić information content (AvgIpc) is 3.55. The van der Waals surface area contributed by atoms with Crippen molar-refractivity contribution in [2.24, 2.45) is 0 Å². The van der Waals surface area contributed by atoms with Crippen LogP contribution in [0.15, 0.2) is 61.2 Å². The lowest BCUT2D eigenvalue weighted by molar-refractivity contribution is 0.0952. The fourth-order valence-corrected chi connectivity index (χ4v) is 3.96. The molecule has 0 unspecified atom stereocenters. The van der Waals surface area contributed by atoms with Gasteiger partial charge in [0.05, 0.1) is 29.3 Å². The lowest BCUT2D eigenvalue weighted by Gasteiger charge is -2.10. The number of pyridine rings is 1. The number of hydrogen-bond acceptors (Lipinski definition) is 7. The topological polar surface area (TPSA) is 107 Å². The Hall–Kier alpha value is -3.92. The minimum absolute atomic E-state index is 0.0918. The monoisotopic (exact) mass is 487 g/mol. The first-order valence-electron chi connectivity index (χ1n) is 12.3. The van der Waals surface area contributed by atoms with E-state index in [1.807, 2.05) is 72.5 Å². The molecule has 0 spiro atoms. The zero-order valence-electron chi connectivity index (χ0n) is 20.9.